The van der Waals surface area contributed by atoms with Crippen LogP contribution >= 0.6 is 0 Å². The molecule has 0 unspecified atom stereocenters. The van der Waals surface area contributed by atoms with E-state index in [1.807, 2.05) is 0 Å². The molecule has 12 nitrogen and oxygen atoms in total. The fourth-order valence-corrected chi connectivity index (χ4v) is 0. The number of hydrogen-bond donors (Lipinski definition) is 0. The zero-order valence-electron chi connectivity index (χ0n) is 7.05. The van der Waals surface area contributed by atoms with Crippen LogP contribution in [0.2, 0.25) is 0 Å². The summed E-state index contributed by atoms with van der Waals surface area (Å²) in [6, 6.07) is 0. The average molecular weight is 259 g/mol. The Hall–Kier alpha value is 0.500. The van der Waals surface area contributed by atoms with Gasteiger partial charge in [0.25, 0.3) is 0 Å². The monoisotopic (exact) mass is 259 g/mol. The summed E-state index contributed by atoms with van der Waals surface area (Å²) >= 11 is 0. The minimum Gasteiger partial charge on any atom is -0.412 e. The Morgan fingerprint density at radius 1 is 0.643 bits per heavy atom. The molecule has 0 aromatic rings. The van der Waals surface area contributed by atoms with E-state index in [0.717, 1.165) is 0 Å². The Morgan fingerprint density at radius 3 is 0.643 bits per heavy atom. The van der Waals surface area contributed by atoms with E-state index in [4.69, 9.17) is 30.6 Å². The van der Waals surface area contributed by atoms with Crippen molar-refractivity contribution in [3.63, 3.8) is 0 Å². The zero-order chi connectivity index (χ0) is 7.15. The minimum absolute atomic E-state index is 0. The molecular weight excluding hydrogens is 251 g/mol. The van der Waals surface area contributed by atoms with Crippen LogP contribution in [-0.2, 0) is 0 Å². The molecule has 0 bridgehead atoms. The van der Waals surface area contributed by atoms with Crippen LogP contribution in [0.25, 0.3) is 0 Å². The summed E-state index contributed by atoms with van der Waals surface area (Å²) in [6.07, 6.45) is 0. The van der Waals surface area contributed by atoms with Gasteiger partial charge in [0.2, 0.25) is 0 Å². The summed E-state index contributed by atoms with van der Waals surface area (Å²) < 4.78 is 0. The van der Waals surface area contributed by atoms with E-state index in [1.54, 1.807) is 0 Å². The Morgan fingerprint density at radius 2 is 0.643 bits per heavy atom. The van der Waals surface area contributed by atoms with Crippen molar-refractivity contribution in [2.75, 3.05) is 0 Å². The first-order valence-electron chi connectivity index (χ1n) is 1.10. The Labute approximate surface area is 129 Å². The van der Waals surface area contributed by atoms with Crippen molar-refractivity contribution in [2.24, 2.45) is 0 Å². The smallest absolute Gasteiger partial charge is 0.412 e. The summed E-state index contributed by atoms with van der Waals surface area (Å²) in [6.45, 7) is 0. The summed E-state index contributed by atoms with van der Waals surface area (Å²) in [4.78, 5) is 16.5. The number of rotatable bonds is 0. The first-order valence-corrected chi connectivity index (χ1v) is 1.10. The second kappa shape index (κ2) is 49.9. The molecule has 0 rings (SSSR count). The zero-order valence-corrected chi connectivity index (χ0v) is 11.3. The molecule has 8 N–H and O–H groups in total. The second-order valence-electron chi connectivity index (χ2n) is 0.447. The minimum atomic E-state index is -1.75. The van der Waals surface area contributed by atoms with Gasteiger partial charge >= 0.3 is 67.3 Å². The van der Waals surface area contributed by atoms with Gasteiger partial charge in [-0.2, -0.15) is 0 Å². The first-order chi connectivity index (χ1) is 3.46. The fourth-order valence-electron chi connectivity index (χ4n) is 0. The van der Waals surface area contributed by atoms with Crippen molar-refractivity contribution >= 4 is 37.7 Å². The van der Waals surface area contributed by atoms with E-state index < -0.39 is 10.2 Å². The SMILES string of the molecule is O.O.O.O.O=[N+]([O-])[O-].O=[N+]([O-])[O-].[Ca+2].[Na+]. The van der Waals surface area contributed by atoms with E-state index in [1.165, 1.54) is 0 Å². The van der Waals surface area contributed by atoms with E-state index in [9.17, 15) is 0 Å². The molecule has 0 spiro atoms. The maximum atomic E-state index is 8.25. The van der Waals surface area contributed by atoms with E-state index in [0.29, 0.717) is 0 Å². The third-order valence-corrected chi connectivity index (χ3v) is 0. The molecule has 0 saturated carbocycles. The molecule has 80 valence electrons. The van der Waals surface area contributed by atoms with Gasteiger partial charge in [0.15, 0.2) is 0 Å². The molecule has 0 aliphatic heterocycles. The van der Waals surface area contributed by atoms with Gasteiger partial charge in [0.05, 0.1) is 10.2 Å². The molecule has 0 aromatic heterocycles. The normalized spacial score (nSPS) is 3.43. The topological polar surface area (TPSA) is 258 Å². The van der Waals surface area contributed by atoms with Crippen molar-refractivity contribution in [1.82, 2.24) is 0 Å². The van der Waals surface area contributed by atoms with Crippen LogP contribution < -0.4 is 29.6 Å². The molecule has 0 aromatic carbocycles. The fraction of sp³-hybridized carbons (Fsp3) is 0. The van der Waals surface area contributed by atoms with Crippen LogP contribution in [0.3, 0.4) is 0 Å². The van der Waals surface area contributed by atoms with Crippen molar-refractivity contribution in [1.29, 1.82) is 0 Å². The van der Waals surface area contributed by atoms with Gasteiger partial charge in [-0.1, -0.05) is 0 Å². The molecule has 0 atom stereocenters. The van der Waals surface area contributed by atoms with E-state index in [2.05, 4.69) is 0 Å². The molecule has 0 aliphatic rings. The second-order valence-corrected chi connectivity index (χ2v) is 0.447. The van der Waals surface area contributed by atoms with Gasteiger partial charge in [0, 0.05) is 0 Å². The van der Waals surface area contributed by atoms with Gasteiger partial charge in [-0.25, -0.2) is 0 Å². The third kappa shape index (κ3) is 6620. The van der Waals surface area contributed by atoms with Crippen molar-refractivity contribution in [3.05, 3.63) is 30.6 Å². The largest absolute Gasteiger partial charge is 2.00 e. The number of hydrogen-bond acceptors (Lipinski definition) is 6. The van der Waals surface area contributed by atoms with Crippen LogP contribution in [0.5, 0.6) is 0 Å². The van der Waals surface area contributed by atoms with Crippen LogP contribution in [-0.4, -0.2) is 69.8 Å². The maximum Gasteiger partial charge on any atom is 2.00 e. The molecule has 14 heteroatoms. The van der Waals surface area contributed by atoms with E-state index >= 15 is 0 Å². The molecular formula is H8CaN2NaO10+. The summed E-state index contributed by atoms with van der Waals surface area (Å²) in [5.41, 5.74) is 0. The Balaban J connectivity index is -0.00000000600. The van der Waals surface area contributed by atoms with Crippen LogP contribution in [0.1, 0.15) is 0 Å². The van der Waals surface area contributed by atoms with Crippen LogP contribution in [0, 0.1) is 30.6 Å². The predicted octanol–water partition coefficient (Wildman–Crippen LogP) is -7.15. The maximum absolute atomic E-state index is 8.25. The molecule has 0 aliphatic carbocycles. The summed E-state index contributed by atoms with van der Waals surface area (Å²) in [7, 11) is 0. The molecule has 0 saturated heterocycles. The quantitative estimate of drug-likeness (QED) is 0.231. The Bertz CT molecular complexity index is 76.1. The Kier molecular flexibility index (Phi) is 223. The molecule has 0 amide bonds. The number of nitrogens with zero attached hydrogens (tertiary/aromatic N) is 2. The van der Waals surface area contributed by atoms with E-state index in [-0.39, 0.29) is 89.2 Å². The molecule has 0 radical (unpaired) electrons. The summed E-state index contributed by atoms with van der Waals surface area (Å²) in [5.74, 6) is 0. The van der Waals surface area contributed by atoms with Crippen LogP contribution in [0.4, 0.5) is 0 Å². The summed E-state index contributed by atoms with van der Waals surface area (Å²) in [5, 5.41) is 29.5. The molecule has 0 heterocycles. The van der Waals surface area contributed by atoms with Crippen molar-refractivity contribution in [3.8, 4) is 0 Å². The van der Waals surface area contributed by atoms with Gasteiger partial charge in [-0.3, -0.25) is 0 Å². The van der Waals surface area contributed by atoms with Crippen LogP contribution in [0.15, 0.2) is 0 Å². The first kappa shape index (κ1) is 62.5. The van der Waals surface area contributed by atoms with Crippen molar-refractivity contribution in [2.45, 2.75) is 0 Å². The van der Waals surface area contributed by atoms with Gasteiger partial charge in [-0.05, 0) is 0 Å². The van der Waals surface area contributed by atoms with Crippen molar-refractivity contribution < 1.29 is 61.6 Å². The van der Waals surface area contributed by atoms with Gasteiger partial charge in [-0.15, -0.1) is 0 Å². The van der Waals surface area contributed by atoms with Gasteiger partial charge in [0.1, 0.15) is 0 Å². The average Bonchev–Trinajstić information content (AvgIpc) is 1.25. The standard InChI is InChI=1S/Ca.2NO3.Na.4H2O/c;2*2-1(3)4;;;;;/h;;;;4*1H2/q+2;2*-1;+1;;;;. The predicted molar refractivity (Wildman–Crippen MR) is 40.9 cm³/mol. The third-order valence-electron chi connectivity index (χ3n) is 0. The molecule has 0 fully saturated rings. The molecule has 14 heavy (non-hydrogen) atoms. The van der Waals surface area contributed by atoms with Gasteiger partial charge < -0.3 is 52.5 Å².